The maximum absolute atomic E-state index is 5.81. The smallest absolute Gasteiger partial charge is 0.129 e. The molecule has 1 aliphatic heterocycles. The Hall–Kier alpha value is -0.520. The SMILES string of the molecule is CN1CCN(CCO/N=C/c2ccc(Cl)cc2)CC1.Cl.Cl. The van der Waals surface area contributed by atoms with Crippen LogP contribution in [0.25, 0.3) is 0 Å². The van der Waals surface area contributed by atoms with Crippen molar-refractivity contribution in [1.29, 1.82) is 0 Å². The number of halogens is 3. The lowest BCUT2D eigenvalue weighted by molar-refractivity contribution is 0.0868. The summed E-state index contributed by atoms with van der Waals surface area (Å²) in [4.78, 5) is 10.0. The molecule has 2 rings (SSSR count). The van der Waals surface area contributed by atoms with Crippen molar-refractivity contribution in [2.45, 2.75) is 0 Å². The van der Waals surface area contributed by atoms with E-state index in [-0.39, 0.29) is 24.8 Å². The number of oxime groups is 1. The summed E-state index contributed by atoms with van der Waals surface area (Å²) in [5, 5.41) is 4.70. The third-order valence-electron chi connectivity index (χ3n) is 3.24. The fraction of sp³-hybridized carbons (Fsp3) is 0.500. The van der Waals surface area contributed by atoms with Gasteiger partial charge in [-0.3, -0.25) is 4.90 Å². The molecule has 120 valence electrons. The lowest BCUT2D eigenvalue weighted by Gasteiger charge is -2.31. The van der Waals surface area contributed by atoms with Crippen LogP contribution in [0, 0.1) is 0 Å². The van der Waals surface area contributed by atoms with Crippen molar-refractivity contribution in [1.82, 2.24) is 9.80 Å². The van der Waals surface area contributed by atoms with Crippen molar-refractivity contribution in [3.05, 3.63) is 34.9 Å². The van der Waals surface area contributed by atoms with Crippen LogP contribution in [-0.4, -0.2) is 62.4 Å². The van der Waals surface area contributed by atoms with Gasteiger partial charge >= 0.3 is 0 Å². The molecule has 0 amide bonds. The first-order valence-electron chi connectivity index (χ1n) is 6.56. The standard InChI is InChI=1S/C14H20ClN3O.2ClH/c1-17-6-8-18(9-7-17)10-11-19-16-12-13-2-4-14(15)5-3-13;;/h2-5,12H,6-11H2,1H3;2*1H/b16-12+;;. The van der Waals surface area contributed by atoms with Gasteiger partial charge in [0, 0.05) is 37.7 Å². The molecule has 0 bridgehead atoms. The number of likely N-dealkylation sites (N-methyl/N-ethyl adjacent to an activating group) is 1. The molecular formula is C14H22Cl3N3O. The molecule has 1 saturated heterocycles. The summed E-state index contributed by atoms with van der Waals surface area (Å²) in [6.45, 7) is 6.06. The summed E-state index contributed by atoms with van der Waals surface area (Å²) < 4.78 is 0. The van der Waals surface area contributed by atoms with Crippen LogP contribution in [0.2, 0.25) is 5.02 Å². The molecule has 0 spiro atoms. The van der Waals surface area contributed by atoms with E-state index < -0.39 is 0 Å². The summed E-state index contributed by atoms with van der Waals surface area (Å²) in [5.41, 5.74) is 0.990. The van der Waals surface area contributed by atoms with E-state index in [2.05, 4.69) is 22.0 Å². The first-order chi connectivity index (χ1) is 9.24. The first-order valence-corrected chi connectivity index (χ1v) is 6.93. The van der Waals surface area contributed by atoms with Crippen LogP contribution in [0.3, 0.4) is 0 Å². The maximum Gasteiger partial charge on any atom is 0.129 e. The van der Waals surface area contributed by atoms with E-state index in [1.165, 1.54) is 0 Å². The van der Waals surface area contributed by atoms with Crippen molar-refractivity contribution in [2.24, 2.45) is 5.16 Å². The van der Waals surface area contributed by atoms with Gasteiger partial charge in [-0.25, -0.2) is 0 Å². The van der Waals surface area contributed by atoms with Crippen LogP contribution < -0.4 is 0 Å². The summed E-state index contributed by atoms with van der Waals surface area (Å²) in [6.07, 6.45) is 1.71. The maximum atomic E-state index is 5.81. The Morgan fingerprint density at radius 2 is 1.76 bits per heavy atom. The van der Waals surface area contributed by atoms with E-state index in [4.69, 9.17) is 16.4 Å². The molecule has 0 aromatic heterocycles. The van der Waals surface area contributed by atoms with Crippen molar-refractivity contribution >= 4 is 42.6 Å². The first kappa shape index (κ1) is 20.5. The number of benzene rings is 1. The third kappa shape index (κ3) is 7.88. The van der Waals surface area contributed by atoms with Crippen molar-refractivity contribution in [3.63, 3.8) is 0 Å². The van der Waals surface area contributed by atoms with Gasteiger partial charge in [0.2, 0.25) is 0 Å². The lowest BCUT2D eigenvalue weighted by atomic mass is 10.2. The fourth-order valence-corrected chi connectivity index (χ4v) is 2.07. The highest BCUT2D eigenvalue weighted by atomic mass is 35.5. The van der Waals surface area contributed by atoms with Crippen molar-refractivity contribution < 1.29 is 4.84 Å². The highest BCUT2D eigenvalue weighted by Crippen LogP contribution is 2.07. The van der Waals surface area contributed by atoms with Gasteiger partial charge in [0.15, 0.2) is 0 Å². The van der Waals surface area contributed by atoms with E-state index >= 15 is 0 Å². The molecule has 1 aliphatic rings. The molecule has 1 aromatic carbocycles. The summed E-state index contributed by atoms with van der Waals surface area (Å²) in [6, 6.07) is 7.51. The normalized spacial score (nSPS) is 16.3. The molecule has 21 heavy (non-hydrogen) atoms. The molecule has 1 heterocycles. The van der Waals surface area contributed by atoms with Crippen LogP contribution in [0.5, 0.6) is 0 Å². The molecule has 0 N–H and O–H groups in total. The van der Waals surface area contributed by atoms with Crippen molar-refractivity contribution in [3.8, 4) is 0 Å². The van der Waals surface area contributed by atoms with Crippen LogP contribution in [0.15, 0.2) is 29.4 Å². The molecule has 0 aliphatic carbocycles. The molecule has 0 saturated carbocycles. The van der Waals surface area contributed by atoms with Crippen LogP contribution in [-0.2, 0) is 4.84 Å². The second-order valence-electron chi connectivity index (χ2n) is 4.76. The monoisotopic (exact) mass is 353 g/mol. The Balaban J connectivity index is 0.00000200. The van der Waals surface area contributed by atoms with Gasteiger partial charge in [-0.1, -0.05) is 28.9 Å². The van der Waals surface area contributed by atoms with Gasteiger partial charge in [-0.15, -0.1) is 24.8 Å². The van der Waals surface area contributed by atoms with Crippen LogP contribution in [0.4, 0.5) is 0 Å². The largest absolute Gasteiger partial charge is 0.394 e. The van der Waals surface area contributed by atoms with E-state index in [0.717, 1.165) is 43.3 Å². The Morgan fingerprint density at radius 3 is 2.38 bits per heavy atom. The minimum Gasteiger partial charge on any atom is -0.394 e. The molecule has 0 unspecified atom stereocenters. The van der Waals surface area contributed by atoms with E-state index in [1.54, 1.807) is 6.21 Å². The molecule has 1 aromatic rings. The van der Waals surface area contributed by atoms with Gasteiger partial charge in [-0.05, 0) is 24.7 Å². The summed E-state index contributed by atoms with van der Waals surface area (Å²) in [5.74, 6) is 0. The Labute approximate surface area is 143 Å². The van der Waals surface area contributed by atoms with Gasteiger partial charge in [0.05, 0.1) is 6.21 Å². The average molecular weight is 355 g/mol. The lowest BCUT2D eigenvalue weighted by Crippen LogP contribution is -2.45. The molecule has 0 radical (unpaired) electrons. The number of piperazine rings is 1. The molecule has 7 heteroatoms. The average Bonchev–Trinajstić information content (AvgIpc) is 2.43. The van der Waals surface area contributed by atoms with Gasteiger partial charge in [0.25, 0.3) is 0 Å². The topological polar surface area (TPSA) is 28.1 Å². The van der Waals surface area contributed by atoms with Gasteiger partial charge in [-0.2, -0.15) is 0 Å². The highest BCUT2D eigenvalue weighted by molar-refractivity contribution is 6.30. The number of hydrogen-bond acceptors (Lipinski definition) is 4. The Bertz CT molecular complexity index is 406. The Kier molecular flexibility index (Phi) is 10.8. The van der Waals surface area contributed by atoms with Gasteiger partial charge < -0.3 is 9.74 Å². The molecule has 4 nitrogen and oxygen atoms in total. The van der Waals surface area contributed by atoms with E-state index in [0.29, 0.717) is 6.61 Å². The number of nitrogens with zero attached hydrogens (tertiary/aromatic N) is 3. The van der Waals surface area contributed by atoms with E-state index in [9.17, 15) is 0 Å². The zero-order chi connectivity index (χ0) is 13.5. The van der Waals surface area contributed by atoms with E-state index in [1.807, 2.05) is 24.3 Å². The van der Waals surface area contributed by atoms with Crippen molar-refractivity contribution in [2.75, 3.05) is 46.4 Å². The highest BCUT2D eigenvalue weighted by Gasteiger charge is 2.12. The Morgan fingerprint density at radius 1 is 1.14 bits per heavy atom. The minimum atomic E-state index is 0. The molecular weight excluding hydrogens is 333 g/mol. The molecule has 0 atom stereocenters. The zero-order valence-electron chi connectivity index (χ0n) is 12.1. The second-order valence-corrected chi connectivity index (χ2v) is 5.20. The molecule has 1 fully saturated rings. The summed E-state index contributed by atoms with van der Waals surface area (Å²) >= 11 is 5.81. The number of rotatable bonds is 5. The number of hydrogen-bond donors (Lipinski definition) is 0. The zero-order valence-corrected chi connectivity index (χ0v) is 14.5. The van der Waals surface area contributed by atoms with Crippen LogP contribution >= 0.6 is 36.4 Å². The summed E-state index contributed by atoms with van der Waals surface area (Å²) in [7, 11) is 2.16. The second kappa shape index (κ2) is 11.1. The predicted molar refractivity (Wildman–Crippen MR) is 93.4 cm³/mol. The minimum absolute atomic E-state index is 0. The van der Waals surface area contributed by atoms with Gasteiger partial charge in [0.1, 0.15) is 6.61 Å². The quantitative estimate of drug-likeness (QED) is 0.462. The fourth-order valence-electron chi connectivity index (χ4n) is 1.94. The third-order valence-corrected chi connectivity index (χ3v) is 3.49. The predicted octanol–water partition coefficient (Wildman–Crippen LogP) is 2.78. The van der Waals surface area contributed by atoms with Crippen LogP contribution in [0.1, 0.15) is 5.56 Å².